The van der Waals surface area contributed by atoms with Crippen LogP contribution in [0.5, 0.6) is 0 Å². The fraction of sp³-hybridized carbons (Fsp3) is 0.333. The number of hydrogen-bond acceptors (Lipinski definition) is 2. The van der Waals surface area contributed by atoms with Gasteiger partial charge in [-0.25, -0.2) is 0 Å². The van der Waals surface area contributed by atoms with Crippen molar-refractivity contribution in [3.63, 3.8) is 0 Å². The molecule has 0 bridgehead atoms. The molecule has 0 unspecified atom stereocenters. The summed E-state index contributed by atoms with van der Waals surface area (Å²) in [5, 5.41) is 3.37. The minimum atomic E-state index is 1.02. The number of rotatable bonds is 6. The van der Waals surface area contributed by atoms with Gasteiger partial charge in [0.2, 0.25) is 0 Å². The van der Waals surface area contributed by atoms with Gasteiger partial charge in [-0.15, -0.1) is 18.3 Å². The molecule has 1 rings (SSSR count). The molecular weight excluding hydrogens is 190 g/mol. The SMILES string of the molecule is C=CCCCNc1ccc(SC)cc1. The van der Waals surface area contributed by atoms with E-state index in [0.29, 0.717) is 0 Å². The molecule has 0 atom stereocenters. The fourth-order valence-corrected chi connectivity index (χ4v) is 1.60. The van der Waals surface area contributed by atoms with E-state index in [4.69, 9.17) is 0 Å². The molecule has 1 nitrogen and oxygen atoms in total. The van der Waals surface area contributed by atoms with E-state index in [-0.39, 0.29) is 0 Å². The van der Waals surface area contributed by atoms with Crippen molar-refractivity contribution in [2.45, 2.75) is 17.7 Å². The van der Waals surface area contributed by atoms with E-state index < -0.39 is 0 Å². The maximum Gasteiger partial charge on any atom is 0.0340 e. The summed E-state index contributed by atoms with van der Waals surface area (Å²) in [6, 6.07) is 8.53. The van der Waals surface area contributed by atoms with Gasteiger partial charge in [0.1, 0.15) is 0 Å². The van der Waals surface area contributed by atoms with E-state index in [9.17, 15) is 0 Å². The summed E-state index contributed by atoms with van der Waals surface area (Å²) in [5.41, 5.74) is 1.20. The van der Waals surface area contributed by atoms with Crippen molar-refractivity contribution < 1.29 is 0 Å². The van der Waals surface area contributed by atoms with Gasteiger partial charge in [-0.2, -0.15) is 0 Å². The van der Waals surface area contributed by atoms with Crippen molar-refractivity contribution >= 4 is 17.4 Å². The Kier molecular flexibility index (Phi) is 5.23. The number of unbranched alkanes of at least 4 members (excludes halogenated alkanes) is 1. The summed E-state index contributed by atoms with van der Waals surface area (Å²) in [5.74, 6) is 0. The van der Waals surface area contributed by atoms with Gasteiger partial charge in [0.25, 0.3) is 0 Å². The summed E-state index contributed by atoms with van der Waals surface area (Å²) in [6.45, 7) is 4.72. The Morgan fingerprint density at radius 2 is 2.07 bits per heavy atom. The van der Waals surface area contributed by atoms with Crippen molar-refractivity contribution in [1.82, 2.24) is 0 Å². The largest absolute Gasteiger partial charge is 0.385 e. The molecule has 0 amide bonds. The lowest BCUT2D eigenvalue weighted by atomic mass is 10.3. The summed E-state index contributed by atoms with van der Waals surface area (Å²) in [7, 11) is 0. The van der Waals surface area contributed by atoms with Crippen molar-refractivity contribution in [2.75, 3.05) is 18.1 Å². The Morgan fingerprint density at radius 3 is 2.64 bits per heavy atom. The molecule has 0 heterocycles. The third kappa shape index (κ3) is 3.88. The molecule has 2 heteroatoms. The van der Waals surface area contributed by atoms with Gasteiger partial charge in [0, 0.05) is 17.1 Å². The van der Waals surface area contributed by atoms with Gasteiger partial charge >= 0.3 is 0 Å². The third-order valence-electron chi connectivity index (χ3n) is 2.00. The summed E-state index contributed by atoms with van der Waals surface area (Å²) in [6.07, 6.45) is 6.27. The van der Waals surface area contributed by atoms with Gasteiger partial charge in [-0.05, 0) is 43.4 Å². The highest BCUT2D eigenvalue weighted by Crippen LogP contribution is 2.17. The minimum Gasteiger partial charge on any atom is -0.385 e. The highest BCUT2D eigenvalue weighted by molar-refractivity contribution is 7.98. The van der Waals surface area contributed by atoms with Gasteiger partial charge in [0.05, 0.1) is 0 Å². The highest BCUT2D eigenvalue weighted by atomic mass is 32.2. The van der Waals surface area contributed by atoms with Crippen molar-refractivity contribution in [3.05, 3.63) is 36.9 Å². The molecule has 0 saturated heterocycles. The lowest BCUT2D eigenvalue weighted by molar-refractivity contribution is 0.891. The van der Waals surface area contributed by atoms with Gasteiger partial charge in [-0.1, -0.05) is 6.08 Å². The molecule has 0 aliphatic rings. The van der Waals surface area contributed by atoms with E-state index >= 15 is 0 Å². The maximum atomic E-state index is 3.70. The lowest BCUT2D eigenvalue weighted by Crippen LogP contribution is -2.00. The Bertz CT molecular complexity index is 266. The van der Waals surface area contributed by atoms with E-state index in [1.807, 2.05) is 6.08 Å². The summed E-state index contributed by atoms with van der Waals surface area (Å²) in [4.78, 5) is 1.31. The number of benzene rings is 1. The molecule has 0 radical (unpaired) electrons. The Morgan fingerprint density at radius 1 is 1.36 bits per heavy atom. The molecule has 76 valence electrons. The third-order valence-corrected chi connectivity index (χ3v) is 2.75. The summed E-state index contributed by atoms with van der Waals surface area (Å²) >= 11 is 1.77. The first-order chi connectivity index (χ1) is 6.86. The lowest BCUT2D eigenvalue weighted by Gasteiger charge is -2.05. The van der Waals surface area contributed by atoms with Crippen LogP contribution in [0.4, 0.5) is 5.69 Å². The summed E-state index contributed by atoms with van der Waals surface area (Å²) < 4.78 is 0. The standard InChI is InChI=1S/C12H17NS/c1-3-4-5-10-13-11-6-8-12(14-2)9-7-11/h3,6-9,13H,1,4-5,10H2,2H3. The highest BCUT2D eigenvalue weighted by Gasteiger charge is 1.91. The molecule has 0 saturated carbocycles. The second-order valence-electron chi connectivity index (χ2n) is 3.09. The van der Waals surface area contributed by atoms with Crippen LogP contribution in [0.25, 0.3) is 0 Å². The predicted octanol–water partition coefficient (Wildman–Crippen LogP) is 3.79. The van der Waals surface area contributed by atoms with Crippen LogP contribution in [0.2, 0.25) is 0 Å². The minimum absolute atomic E-state index is 1.02. The Balaban J connectivity index is 2.32. The normalized spacial score (nSPS) is 9.79. The topological polar surface area (TPSA) is 12.0 Å². The van der Waals surface area contributed by atoms with Crippen LogP contribution < -0.4 is 5.32 Å². The van der Waals surface area contributed by atoms with Crippen LogP contribution in [0.1, 0.15) is 12.8 Å². The average molecular weight is 207 g/mol. The molecule has 0 aliphatic heterocycles. The molecule has 0 aliphatic carbocycles. The fourth-order valence-electron chi connectivity index (χ4n) is 1.19. The molecule has 0 fully saturated rings. The van der Waals surface area contributed by atoms with Crippen LogP contribution in [-0.2, 0) is 0 Å². The van der Waals surface area contributed by atoms with Crippen LogP contribution in [0.15, 0.2) is 41.8 Å². The molecule has 0 spiro atoms. The van der Waals surface area contributed by atoms with Gasteiger partial charge in [0.15, 0.2) is 0 Å². The van der Waals surface area contributed by atoms with Gasteiger partial charge in [-0.3, -0.25) is 0 Å². The number of allylic oxidation sites excluding steroid dienone is 1. The average Bonchev–Trinajstić information content (AvgIpc) is 2.25. The Hall–Kier alpha value is -0.890. The number of nitrogens with one attached hydrogen (secondary N) is 1. The van der Waals surface area contributed by atoms with Crippen molar-refractivity contribution in [2.24, 2.45) is 0 Å². The Labute approximate surface area is 90.6 Å². The van der Waals surface area contributed by atoms with E-state index in [1.165, 1.54) is 10.6 Å². The van der Waals surface area contributed by atoms with Gasteiger partial charge < -0.3 is 5.32 Å². The van der Waals surface area contributed by atoms with Crippen molar-refractivity contribution in [3.8, 4) is 0 Å². The van der Waals surface area contributed by atoms with Crippen LogP contribution in [0.3, 0.4) is 0 Å². The first-order valence-electron chi connectivity index (χ1n) is 4.85. The smallest absolute Gasteiger partial charge is 0.0340 e. The molecule has 1 aromatic carbocycles. The second-order valence-corrected chi connectivity index (χ2v) is 3.97. The van der Waals surface area contributed by atoms with Crippen LogP contribution in [0, 0.1) is 0 Å². The van der Waals surface area contributed by atoms with E-state index in [0.717, 1.165) is 19.4 Å². The molecule has 1 aromatic rings. The van der Waals surface area contributed by atoms with Crippen molar-refractivity contribution in [1.29, 1.82) is 0 Å². The first-order valence-corrected chi connectivity index (χ1v) is 6.08. The molecular formula is C12H17NS. The van der Waals surface area contributed by atoms with E-state index in [1.54, 1.807) is 11.8 Å². The van der Waals surface area contributed by atoms with E-state index in [2.05, 4.69) is 42.4 Å². The zero-order valence-corrected chi connectivity index (χ0v) is 9.44. The molecule has 0 aromatic heterocycles. The van der Waals surface area contributed by atoms with Crippen LogP contribution >= 0.6 is 11.8 Å². The monoisotopic (exact) mass is 207 g/mol. The molecule has 14 heavy (non-hydrogen) atoms. The zero-order valence-electron chi connectivity index (χ0n) is 8.62. The quantitative estimate of drug-likeness (QED) is 0.433. The number of thioether (sulfide) groups is 1. The first kappa shape index (κ1) is 11.2. The number of anilines is 1. The zero-order chi connectivity index (χ0) is 10.2. The number of hydrogen-bond donors (Lipinski definition) is 1. The second kappa shape index (κ2) is 6.55. The predicted molar refractivity (Wildman–Crippen MR) is 66.1 cm³/mol. The maximum absolute atomic E-state index is 3.70. The van der Waals surface area contributed by atoms with Crippen LogP contribution in [-0.4, -0.2) is 12.8 Å². The molecule has 1 N–H and O–H groups in total.